The first-order valence-electron chi connectivity index (χ1n) is 7.69. The molecule has 2 aliphatic rings. The van der Waals surface area contributed by atoms with Gasteiger partial charge >= 0.3 is 0 Å². The van der Waals surface area contributed by atoms with Gasteiger partial charge in [-0.3, -0.25) is 5.10 Å². The van der Waals surface area contributed by atoms with Gasteiger partial charge in [0.2, 0.25) is 0 Å². The molecule has 18 heavy (non-hydrogen) atoms. The average molecular weight is 247 g/mol. The number of aromatic amines is 1. The van der Waals surface area contributed by atoms with Crippen molar-refractivity contribution in [2.75, 3.05) is 13.1 Å². The Bertz CT molecular complexity index is 358. The molecule has 2 heterocycles. The second-order valence-electron chi connectivity index (χ2n) is 5.95. The molecule has 3 rings (SSSR count). The number of H-pyrrole nitrogens is 1. The van der Waals surface area contributed by atoms with E-state index in [0.717, 1.165) is 19.0 Å². The summed E-state index contributed by atoms with van der Waals surface area (Å²) in [5.74, 6) is 1.49. The van der Waals surface area contributed by atoms with Crippen LogP contribution in [0.1, 0.15) is 74.5 Å². The highest BCUT2D eigenvalue weighted by atomic mass is 15.1. The van der Waals surface area contributed by atoms with Gasteiger partial charge in [0, 0.05) is 11.6 Å². The molecule has 1 saturated carbocycles. The zero-order valence-electron chi connectivity index (χ0n) is 11.3. The highest BCUT2D eigenvalue weighted by molar-refractivity contribution is 5.25. The van der Waals surface area contributed by atoms with Crippen LogP contribution in [-0.4, -0.2) is 23.3 Å². The van der Waals surface area contributed by atoms with Gasteiger partial charge in [-0.2, -0.15) is 5.10 Å². The highest BCUT2D eigenvalue weighted by Gasteiger charge is 2.24. The summed E-state index contributed by atoms with van der Waals surface area (Å²) in [6.45, 7) is 2.32. The number of hydrogen-bond donors (Lipinski definition) is 2. The van der Waals surface area contributed by atoms with E-state index in [1.165, 1.54) is 57.1 Å². The molecule has 1 aliphatic carbocycles. The van der Waals surface area contributed by atoms with E-state index in [9.17, 15) is 0 Å². The number of rotatable bonds is 2. The van der Waals surface area contributed by atoms with Crippen molar-refractivity contribution in [1.82, 2.24) is 15.5 Å². The van der Waals surface area contributed by atoms with E-state index in [1.807, 2.05) is 0 Å². The number of aromatic nitrogens is 2. The van der Waals surface area contributed by atoms with Gasteiger partial charge in [-0.15, -0.1) is 0 Å². The Morgan fingerprint density at radius 1 is 0.889 bits per heavy atom. The minimum Gasteiger partial charge on any atom is -0.317 e. The molecule has 1 aromatic heterocycles. The molecule has 0 atom stereocenters. The Kier molecular flexibility index (Phi) is 3.99. The maximum Gasteiger partial charge on any atom is 0.0525 e. The third kappa shape index (κ3) is 2.61. The van der Waals surface area contributed by atoms with Crippen LogP contribution < -0.4 is 5.32 Å². The van der Waals surface area contributed by atoms with Gasteiger partial charge in [0.25, 0.3) is 0 Å². The second-order valence-corrected chi connectivity index (χ2v) is 5.95. The van der Waals surface area contributed by atoms with E-state index in [2.05, 4.69) is 21.7 Å². The van der Waals surface area contributed by atoms with E-state index < -0.39 is 0 Å². The fourth-order valence-corrected chi connectivity index (χ4v) is 3.66. The zero-order chi connectivity index (χ0) is 12.2. The highest BCUT2D eigenvalue weighted by Crippen LogP contribution is 2.36. The lowest BCUT2D eigenvalue weighted by molar-refractivity contribution is 0.446. The minimum atomic E-state index is 0.715. The van der Waals surface area contributed by atoms with Crippen LogP contribution in [-0.2, 0) is 0 Å². The molecule has 3 heteroatoms. The van der Waals surface area contributed by atoms with Crippen LogP contribution in [0, 0.1) is 0 Å². The topological polar surface area (TPSA) is 40.7 Å². The third-order valence-corrected chi connectivity index (χ3v) is 4.74. The van der Waals surface area contributed by atoms with Crippen LogP contribution >= 0.6 is 0 Å². The first kappa shape index (κ1) is 12.2. The fourth-order valence-electron chi connectivity index (χ4n) is 3.66. The smallest absolute Gasteiger partial charge is 0.0525 e. The van der Waals surface area contributed by atoms with E-state index >= 15 is 0 Å². The van der Waals surface area contributed by atoms with Gasteiger partial charge < -0.3 is 5.32 Å². The molecule has 1 saturated heterocycles. The zero-order valence-corrected chi connectivity index (χ0v) is 11.3. The summed E-state index contributed by atoms with van der Waals surface area (Å²) >= 11 is 0. The molecule has 0 unspecified atom stereocenters. The lowest BCUT2D eigenvalue weighted by Crippen LogP contribution is -2.27. The maximum absolute atomic E-state index is 4.36. The lowest BCUT2D eigenvalue weighted by atomic mass is 9.85. The summed E-state index contributed by atoms with van der Waals surface area (Å²) in [5, 5.41) is 11.1. The van der Waals surface area contributed by atoms with Gasteiger partial charge in [0.15, 0.2) is 0 Å². The first-order valence-corrected chi connectivity index (χ1v) is 7.69. The van der Waals surface area contributed by atoms with E-state index in [-0.39, 0.29) is 0 Å². The molecule has 1 aromatic rings. The Morgan fingerprint density at radius 3 is 2.33 bits per heavy atom. The van der Waals surface area contributed by atoms with Gasteiger partial charge in [0.05, 0.1) is 6.20 Å². The number of nitrogens with one attached hydrogen (secondary N) is 2. The van der Waals surface area contributed by atoms with Gasteiger partial charge in [-0.25, -0.2) is 0 Å². The molecular weight excluding hydrogens is 222 g/mol. The van der Waals surface area contributed by atoms with Crippen molar-refractivity contribution in [3.05, 3.63) is 17.5 Å². The van der Waals surface area contributed by atoms with Crippen molar-refractivity contribution in [3.8, 4) is 0 Å². The van der Waals surface area contributed by atoms with Crippen LogP contribution in [0.15, 0.2) is 6.20 Å². The molecule has 0 spiro atoms. The summed E-state index contributed by atoms with van der Waals surface area (Å²) in [5.41, 5.74) is 3.01. The number of nitrogens with zero attached hydrogens (tertiary/aromatic N) is 1. The molecule has 2 fully saturated rings. The largest absolute Gasteiger partial charge is 0.317 e. The fraction of sp³-hybridized carbons (Fsp3) is 0.800. The molecule has 100 valence electrons. The predicted molar refractivity (Wildman–Crippen MR) is 73.9 cm³/mol. The molecule has 3 nitrogen and oxygen atoms in total. The van der Waals surface area contributed by atoms with Crippen molar-refractivity contribution >= 4 is 0 Å². The van der Waals surface area contributed by atoms with Crippen LogP contribution in [0.5, 0.6) is 0 Å². The Morgan fingerprint density at radius 2 is 1.61 bits per heavy atom. The van der Waals surface area contributed by atoms with Gasteiger partial charge in [-0.05, 0) is 50.3 Å². The van der Waals surface area contributed by atoms with Crippen molar-refractivity contribution in [2.45, 2.75) is 63.2 Å². The van der Waals surface area contributed by atoms with Crippen LogP contribution in [0.25, 0.3) is 0 Å². The molecule has 0 bridgehead atoms. The second kappa shape index (κ2) is 5.87. The SMILES string of the molecule is c1n[nH]c(C2CCNCC2)c1C1CCCCCC1. The third-order valence-electron chi connectivity index (χ3n) is 4.74. The van der Waals surface area contributed by atoms with Crippen molar-refractivity contribution in [1.29, 1.82) is 0 Å². The van der Waals surface area contributed by atoms with Crippen molar-refractivity contribution in [2.24, 2.45) is 0 Å². The average Bonchev–Trinajstić information content (AvgIpc) is 2.75. The molecule has 0 aromatic carbocycles. The Labute approximate surface area is 110 Å². The summed E-state index contributed by atoms with van der Waals surface area (Å²) in [4.78, 5) is 0. The van der Waals surface area contributed by atoms with Crippen LogP contribution in [0.2, 0.25) is 0 Å². The van der Waals surface area contributed by atoms with Gasteiger partial charge in [-0.1, -0.05) is 25.7 Å². The summed E-state index contributed by atoms with van der Waals surface area (Å²) < 4.78 is 0. The standard InChI is InChI=1S/C15H25N3/c1-2-4-6-12(5-3-1)14-11-17-18-15(14)13-7-9-16-10-8-13/h11-13,16H,1-10H2,(H,17,18). The quantitative estimate of drug-likeness (QED) is 0.787. The summed E-state index contributed by atoms with van der Waals surface area (Å²) in [6, 6.07) is 0. The molecule has 0 amide bonds. The summed E-state index contributed by atoms with van der Waals surface area (Å²) in [6.07, 6.45) is 13.1. The molecule has 0 radical (unpaired) electrons. The van der Waals surface area contributed by atoms with Gasteiger partial charge in [0.1, 0.15) is 0 Å². The lowest BCUT2D eigenvalue weighted by Gasteiger charge is -2.24. The minimum absolute atomic E-state index is 0.715. The Hall–Kier alpha value is -0.830. The first-order chi connectivity index (χ1) is 8.95. The van der Waals surface area contributed by atoms with E-state index in [1.54, 1.807) is 5.56 Å². The number of hydrogen-bond acceptors (Lipinski definition) is 2. The molecule has 2 N–H and O–H groups in total. The Balaban J connectivity index is 1.76. The normalized spacial score (nSPS) is 24.0. The van der Waals surface area contributed by atoms with Crippen LogP contribution in [0.3, 0.4) is 0 Å². The molecular formula is C15H25N3. The van der Waals surface area contributed by atoms with E-state index in [0.29, 0.717) is 5.92 Å². The van der Waals surface area contributed by atoms with Crippen LogP contribution in [0.4, 0.5) is 0 Å². The maximum atomic E-state index is 4.36. The number of piperidine rings is 1. The van der Waals surface area contributed by atoms with Crippen molar-refractivity contribution < 1.29 is 0 Å². The predicted octanol–water partition coefficient (Wildman–Crippen LogP) is 3.31. The van der Waals surface area contributed by atoms with Crippen molar-refractivity contribution in [3.63, 3.8) is 0 Å². The monoisotopic (exact) mass is 247 g/mol. The summed E-state index contributed by atoms with van der Waals surface area (Å²) in [7, 11) is 0. The molecule has 1 aliphatic heterocycles. The van der Waals surface area contributed by atoms with E-state index in [4.69, 9.17) is 0 Å².